The molecule has 0 N–H and O–H groups in total. The van der Waals surface area contributed by atoms with Crippen molar-refractivity contribution in [1.29, 1.82) is 0 Å². The first-order valence-electron chi connectivity index (χ1n) is 7.71. The van der Waals surface area contributed by atoms with Crippen LogP contribution in [0.2, 0.25) is 0 Å². The van der Waals surface area contributed by atoms with Gasteiger partial charge < -0.3 is 14.2 Å². The number of hydrogen-bond donors (Lipinski definition) is 0. The number of carbonyl (C=O) groups excluding carboxylic acids is 2. The van der Waals surface area contributed by atoms with Crippen molar-refractivity contribution in [3.63, 3.8) is 0 Å². The van der Waals surface area contributed by atoms with Crippen molar-refractivity contribution in [2.24, 2.45) is 10.8 Å². The molecule has 1 heterocycles. The normalized spacial score (nSPS) is 20.5. The molecule has 1 aliphatic heterocycles. The standard InChI is InChI=1S/C16H28O5/c1-6-8-19-13(17)15(3,4)11-16(5,7-2)14(18)21-10-12-9-20-12/h12H,6-11H2,1-5H3. The fraction of sp³-hybridized carbons (Fsp3) is 0.875. The average Bonchev–Trinajstić information content (AvgIpc) is 3.25. The van der Waals surface area contributed by atoms with E-state index < -0.39 is 10.8 Å². The lowest BCUT2D eigenvalue weighted by atomic mass is 9.72. The van der Waals surface area contributed by atoms with Crippen LogP contribution in [-0.4, -0.2) is 37.9 Å². The number of epoxide rings is 1. The van der Waals surface area contributed by atoms with E-state index in [1.54, 1.807) is 0 Å². The summed E-state index contributed by atoms with van der Waals surface area (Å²) >= 11 is 0. The van der Waals surface area contributed by atoms with Gasteiger partial charge in [-0.25, -0.2) is 0 Å². The molecule has 1 fully saturated rings. The van der Waals surface area contributed by atoms with E-state index in [-0.39, 0.29) is 18.0 Å². The van der Waals surface area contributed by atoms with Crippen molar-refractivity contribution >= 4 is 11.9 Å². The van der Waals surface area contributed by atoms with Gasteiger partial charge in [0.2, 0.25) is 0 Å². The lowest BCUT2D eigenvalue weighted by Crippen LogP contribution is -2.39. The van der Waals surface area contributed by atoms with Crippen LogP contribution in [0, 0.1) is 10.8 Å². The van der Waals surface area contributed by atoms with Gasteiger partial charge in [0.25, 0.3) is 0 Å². The number of carbonyl (C=O) groups is 2. The monoisotopic (exact) mass is 300 g/mol. The van der Waals surface area contributed by atoms with Gasteiger partial charge in [-0.3, -0.25) is 9.59 Å². The summed E-state index contributed by atoms with van der Waals surface area (Å²) in [5.74, 6) is -0.529. The van der Waals surface area contributed by atoms with Gasteiger partial charge in [0, 0.05) is 0 Å². The summed E-state index contributed by atoms with van der Waals surface area (Å²) in [6, 6.07) is 0. The summed E-state index contributed by atoms with van der Waals surface area (Å²) in [4.78, 5) is 24.4. The number of esters is 2. The van der Waals surface area contributed by atoms with E-state index >= 15 is 0 Å². The fourth-order valence-electron chi connectivity index (χ4n) is 2.29. The highest BCUT2D eigenvalue weighted by molar-refractivity contribution is 5.80. The summed E-state index contributed by atoms with van der Waals surface area (Å²) < 4.78 is 15.6. The van der Waals surface area contributed by atoms with Gasteiger partial charge in [0.05, 0.1) is 24.0 Å². The third-order valence-electron chi connectivity index (χ3n) is 3.90. The van der Waals surface area contributed by atoms with Crippen LogP contribution in [0.1, 0.15) is 53.9 Å². The van der Waals surface area contributed by atoms with Gasteiger partial charge in [-0.2, -0.15) is 0 Å². The Balaban J connectivity index is 2.63. The quantitative estimate of drug-likeness (QED) is 0.484. The molecule has 0 bridgehead atoms. The molecule has 1 aliphatic rings. The molecule has 0 saturated carbocycles. The Bertz CT molecular complexity index is 373. The molecule has 0 amide bonds. The smallest absolute Gasteiger partial charge is 0.311 e. The van der Waals surface area contributed by atoms with E-state index in [0.29, 0.717) is 32.7 Å². The second kappa shape index (κ2) is 7.25. The second-order valence-corrected chi connectivity index (χ2v) is 6.66. The summed E-state index contributed by atoms with van der Waals surface area (Å²) in [5, 5.41) is 0. The van der Waals surface area contributed by atoms with Crippen LogP contribution in [0.4, 0.5) is 0 Å². The minimum absolute atomic E-state index is 0.0533. The van der Waals surface area contributed by atoms with Crippen LogP contribution < -0.4 is 0 Å². The largest absolute Gasteiger partial charge is 0.465 e. The van der Waals surface area contributed by atoms with Crippen LogP contribution in [0.25, 0.3) is 0 Å². The molecule has 0 spiro atoms. The van der Waals surface area contributed by atoms with Crippen molar-refractivity contribution in [2.45, 2.75) is 60.0 Å². The highest BCUT2D eigenvalue weighted by atomic mass is 16.6. The Hall–Kier alpha value is -1.10. The first-order chi connectivity index (χ1) is 9.75. The Kier molecular flexibility index (Phi) is 6.20. The molecule has 2 atom stereocenters. The maximum atomic E-state index is 12.3. The Morgan fingerprint density at radius 3 is 2.24 bits per heavy atom. The number of hydrogen-bond acceptors (Lipinski definition) is 5. The molecule has 1 saturated heterocycles. The molecule has 0 aromatic rings. The minimum atomic E-state index is -0.713. The Labute approximate surface area is 127 Å². The highest BCUT2D eigenvalue weighted by Crippen LogP contribution is 2.38. The summed E-state index contributed by atoms with van der Waals surface area (Å²) in [7, 11) is 0. The Morgan fingerprint density at radius 1 is 1.14 bits per heavy atom. The third kappa shape index (κ3) is 5.30. The van der Waals surface area contributed by atoms with E-state index in [0.717, 1.165) is 6.42 Å². The zero-order chi connectivity index (χ0) is 16.1. The molecule has 2 unspecified atom stereocenters. The van der Waals surface area contributed by atoms with Crippen LogP contribution >= 0.6 is 0 Å². The molecule has 0 aliphatic carbocycles. The van der Waals surface area contributed by atoms with Crippen LogP contribution in [0.15, 0.2) is 0 Å². The van der Waals surface area contributed by atoms with Crippen LogP contribution in [0.3, 0.4) is 0 Å². The Morgan fingerprint density at radius 2 is 1.76 bits per heavy atom. The van der Waals surface area contributed by atoms with Crippen molar-refractivity contribution in [3.8, 4) is 0 Å². The zero-order valence-electron chi connectivity index (χ0n) is 13.9. The third-order valence-corrected chi connectivity index (χ3v) is 3.90. The van der Waals surface area contributed by atoms with Gasteiger partial charge in [0.15, 0.2) is 0 Å². The lowest BCUT2D eigenvalue weighted by molar-refractivity contribution is -0.163. The van der Waals surface area contributed by atoms with Gasteiger partial charge in [0.1, 0.15) is 12.7 Å². The average molecular weight is 300 g/mol. The SMILES string of the molecule is CCCOC(=O)C(C)(C)CC(C)(CC)C(=O)OCC1CO1. The molecule has 5 heteroatoms. The molecular weight excluding hydrogens is 272 g/mol. The van der Waals surface area contributed by atoms with E-state index in [2.05, 4.69) is 0 Å². The van der Waals surface area contributed by atoms with E-state index in [9.17, 15) is 9.59 Å². The first-order valence-corrected chi connectivity index (χ1v) is 7.71. The highest BCUT2D eigenvalue weighted by Gasteiger charge is 2.43. The molecule has 5 nitrogen and oxygen atoms in total. The second-order valence-electron chi connectivity index (χ2n) is 6.66. The number of ether oxygens (including phenoxy) is 3. The van der Waals surface area contributed by atoms with E-state index in [1.165, 1.54) is 0 Å². The zero-order valence-corrected chi connectivity index (χ0v) is 13.9. The molecule has 0 radical (unpaired) electrons. The topological polar surface area (TPSA) is 65.1 Å². The summed E-state index contributed by atoms with van der Waals surface area (Å²) in [5.41, 5.74) is -1.40. The van der Waals surface area contributed by atoms with Crippen molar-refractivity contribution in [1.82, 2.24) is 0 Å². The molecule has 0 aromatic heterocycles. The van der Waals surface area contributed by atoms with E-state index in [1.807, 2.05) is 34.6 Å². The number of rotatable bonds is 9. The van der Waals surface area contributed by atoms with Crippen molar-refractivity contribution in [2.75, 3.05) is 19.8 Å². The molecular formula is C16H28O5. The molecule has 1 rings (SSSR count). The molecule has 21 heavy (non-hydrogen) atoms. The lowest BCUT2D eigenvalue weighted by Gasteiger charge is -2.33. The predicted molar refractivity (Wildman–Crippen MR) is 78.7 cm³/mol. The van der Waals surface area contributed by atoms with Crippen molar-refractivity contribution in [3.05, 3.63) is 0 Å². The van der Waals surface area contributed by atoms with Crippen molar-refractivity contribution < 1.29 is 23.8 Å². The minimum Gasteiger partial charge on any atom is -0.465 e. The maximum absolute atomic E-state index is 12.3. The van der Waals surface area contributed by atoms with Gasteiger partial charge in [-0.1, -0.05) is 13.8 Å². The first kappa shape index (κ1) is 18.0. The summed E-state index contributed by atoms with van der Waals surface area (Å²) in [6.07, 6.45) is 1.86. The molecule has 122 valence electrons. The van der Waals surface area contributed by atoms with Gasteiger partial charge in [-0.05, 0) is 40.0 Å². The summed E-state index contributed by atoms with van der Waals surface area (Å²) in [6.45, 7) is 10.7. The van der Waals surface area contributed by atoms with Gasteiger partial charge in [-0.15, -0.1) is 0 Å². The van der Waals surface area contributed by atoms with Gasteiger partial charge >= 0.3 is 11.9 Å². The maximum Gasteiger partial charge on any atom is 0.311 e. The van der Waals surface area contributed by atoms with E-state index in [4.69, 9.17) is 14.2 Å². The predicted octanol–water partition coefficient (Wildman–Crippen LogP) is 2.71. The van der Waals surface area contributed by atoms with Crippen LogP contribution in [-0.2, 0) is 23.8 Å². The fourth-order valence-corrected chi connectivity index (χ4v) is 2.29. The molecule has 0 aromatic carbocycles. The van der Waals surface area contributed by atoms with Crippen LogP contribution in [0.5, 0.6) is 0 Å².